The third kappa shape index (κ3) is 5.39. The second kappa shape index (κ2) is 5.28. The molecule has 1 nitrogen and oxygen atoms in total. The zero-order valence-corrected chi connectivity index (χ0v) is 8.39. The Kier molecular flexibility index (Phi) is 5.59. The van der Waals surface area contributed by atoms with Gasteiger partial charge in [-0.3, -0.25) is 0 Å². The van der Waals surface area contributed by atoms with Gasteiger partial charge >= 0.3 is 0 Å². The molecule has 3 heteroatoms. The Bertz CT molecular complexity index is 85.7. The first-order chi connectivity index (χ1) is 4.62. The van der Waals surface area contributed by atoms with Gasteiger partial charge in [-0.1, -0.05) is 13.8 Å². The summed E-state index contributed by atoms with van der Waals surface area (Å²) in [6.07, 6.45) is 0. The molecule has 0 atom stereocenters. The number of hydrogen-bond acceptors (Lipinski definition) is 2. The van der Waals surface area contributed by atoms with Gasteiger partial charge in [0.25, 0.3) is 0 Å². The maximum absolute atomic E-state index is 5.72. The van der Waals surface area contributed by atoms with Crippen LogP contribution in [0.2, 0.25) is 0 Å². The number of hydrogen-bond donors (Lipinski definition) is 0. The highest BCUT2D eigenvalue weighted by Gasteiger charge is 2.15. The number of alkyl halides is 1. The molecule has 0 saturated carbocycles. The molecular weight excluding hydrogens is 168 g/mol. The maximum Gasteiger partial charge on any atom is 0.0917 e. The van der Waals surface area contributed by atoms with Crippen molar-refractivity contribution in [2.45, 2.75) is 13.8 Å². The van der Waals surface area contributed by atoms with Crippen molar-refractivity contribution in [3.8, 4) is 0 Å². The molecule has 0 aromatic carbocycles. The SMILES string of the molecule is COCSCC(C)(C)CCl. The van der Waals surface area contributed by atoms with Crippen LogP contribution in [-0.2, 0) is 4.74 Å². The van der Waals surface area contributed by atoms with Crippen LogP contribution in [0.5, 0.6) is 0 Å². The minimum Gasteiger partial charge on any atom is -0.374 e. The molecule has 0 aliphatic carbocycles. The summed E-state index contributed by atoms with van der Waals surface area (Å²) in [5.74, 6) is 2.54. The molecule has 0 heterocycles. The highest BCUT2D eigenvalue weighted by atomic mass is 35.5. The van der Waals surface area contributed by atoms with E-state index in [4.69, 9.17) is 16.3 Å². The van der Waals surface area contributed by atoms with Crippen molar-refractivity contribution < 1.29 is 4.74 Å². The average Bonchev–Trinajstić information content (AvgIpc) is 1.89. The van der Waals surface area contributed by atoms with Crippen molar-refractivity contribution in [3.63, 3.8) is 0 Å². The third-order valence-electron chi connectivity index (χ3n) is 1.06. The number of thioether (sulfide) groups is 1. The molecule has 0 unspecified atom stereocenters. The van der Waals surface area contributed by atoms with Crippen molar-refractivity contribution in [3.05, 3.63) is 0 Å². The molecule has 0 aromatic heterocycles. The molecule has 10 heavy (non-hydrogen) atoms. The molecule has 0 saturated heterocycles. The Morgan fingerprint density at radius 2 is 2.10 bits per heavy atom. The van der Waals surface area contributed by atoms with Crippen LogP contribution in [0, 0.1) is 5.41 Å². The van der Waals surface area contributed by atoms with Gasteiger partial charge in [-0.15, -0.1) is 23.4 Å². The first kappa shape index (κ1) is 10.6. The highest BCUT2D eigenvalue weighted by molar-refractivity contribution is 7.99. The fourth-order valence-electron chi connectivity index (χ4n) is 0.440. The van der Waals surface area contributed by atoms with E-state index >= 15 is 0 Å². The maximum atomic E-state index is 5.72. The molecule has 0 bridgehead atoms. The van der Waals surface area contributed by atoms with E-state index in [0.717, 1.165) is 11.7 Å². The molecule has 0 rings (SSSR count). The smallest absolute Gasteiger partial charge is 0.0917 e. The second-order valence-corrected chi connectivity index (χ2v) is 4.25. The summed E-state index contributed by atoms with van der Waals surface area (Å²) in [6.45, 7) is 4.31. The van der Waals surface area contributed by atoms with Crippen LogP contribution in [0.15, 0.2) is 0 Å². The van der Waals surface area contributed by atoms with Gasteiger partial charge in [0.2, 0.25) is 0 Å². The standard InChI is InChI=1S/C7H15ClOS/c1-7(2,4-8)5-10-6-9-3/h4-6H2,1-3H3. The summed E-state index contributed by atoms with van der Waals surface area (Å²) in [7, 11) is 1.71. The van der Waals surface area contributed by atoms with E-state index in [9.17, 15) is 0 Å². The van der Waals surface area contributed by atoms with E-state index in [1.54, 1.807) is 18.9 Å². The van der Waals surface area contributed by atoms with E-state index in [0.29, 0.717) is 5.88 Å². The summed E-state index contributed by atoms with van der Waals surface area (Å²) < 4.78 is 4.90. The lowest BCUT2D eigenvalue weighted by Gasteiger charge is -2.19. The Hall–Kier alpha value is 0.600. The van der Waals surface area contributed by atoms with Gasteiger partial charge in [-0.05, 0) is 5.41 Å². The topological polar surface area (TPSA) is 9.23 Å². The van der Waals surface area contributed by atoms with E-state index in [-0.39, 0.29) is 5.41 Å². The second-order valence-electron chi connectivity index (χ2n) is 3.05. The number of methoxy groups -OCH3 is 1. The molecule has 0 N–H and O–H groups in total. The first-order valence-electron chi connectivity index (χ1n) is 3.25. The van der Waals surface area contributed by atoms with Crippen molar-refractivity contribution >= 4 is 23.4 Å². The Balaban J connectivity index is 3.28. The van der Waals surface area contributed by atoms with Crippen molar-refractivity contribution in [1.29, 1.82) is 0 Å². The Morgan fingerprint density at radius 3 is 2.50 bits per heavy atom. The minimum absolute atomic E-state index is 0.241. The number of ether oxygens (including phenoxy) is 1. The lowest BCUT2D eigenvalue weighted by Crippen LogP contribution is -2.16. The van der Waals surface area contributed by atoms with Crippen molar-refractivity contribution in [2.24, 2.45) is 5.41 Å². The fourth-order valence-corrected chi connectivity index (χ4v) is 1.55. The highest BCUT2D eigenvalue weighted by Crippen LogP contribution is 2.22. The van der Waals surface area contributed by atoms with Crippen LogP contribution in [0.4, 0.5) is 0 Å². The van der Waals surface area contributed by atoms with Crippen LogP contribution in [0.1, 0.15) is 13.8 Å². The predicted octanol–water partition coefficient (Wildman–Crippen LogP) is 2.59. The van der Waals surface area contributed by atoms with Gasteiger partial charge in [-0.25, -0.2) is 0 Å². The normalized spacial score (nSPS) is 12.0. The molecule has 0 aromatic rings. The summed E-state index contributed by atoms with van der Waals surface area (Å²) in [5, 5.41) is 0. The van der Waals surface area contributed by atoms with Gasteiger partial charge in [-0.2, -0.15) is 0 Å². The number of rotatable bonds is 5. The zero-order valence-electron chi connectivity index (χ0n) is 6.82. The van der Waals surface area contributed by atoms with E-state index in [2.05, 4.69) is 13.8 Å². The van der Waals surface area contributed by atoms with Crippen LogP contribution in [0.25, 0.3) is 0 Å². The summed E-state index contributed by atoms with van der Waals surface area (Å²) in [6, 6.07) is 0. The molecule has 0 aliphatic heterocycles. The number of halogens is 1. The van der Waals surface area contributed by atoms with Crippen LogP contribution in [-0.4, -0.2) is 24.7 Å². The quantitative estimate of drug-likeness (QED) is 0.367. The minimum atomic E-state index is 0.241. The summed E-state index contributed by atoms with van der Waals surface area (Å²) in [5.41, 5.74) is 0.241. The zero-order chi connectivity index (χ0) is 8.04. The lowest BCUT2D eigenvalue weighted by molar-refractivity contribution is 0.258. The van der Waals surface area contributed by atoms with Gasteiger partial charge in [0.1, 0.15) is 0 Å². The molecule has 0 spiro atoms. The molecular formula is C7H15ClOS. The van der Waals surface area contributed by atoms with Gasteiger partial charge in [0.05, 0.1) is 5.94 Å². The largest absolute Gasteiger partial charge is 0.374 e. The van der Waals surface area contributed by atoms with E-state index in [1.807, 2.05) is 0 Å². The fraction of sp³-hybridized carbons (Fsp3) is 1.00. The average molecular weight is 183 g/mol. The molecule has 62 valence electrons. The molecule has 0 fully saturated rings. The van der Waals surface area contributed by atoms with Gasteiger partial charge in [0.15, 0.2) is 0 Å². The molecule has 0 amide bonds. The lowest BCUT2D eigenvalue weighted by atomic mass is 10.0. The van der Waals surface area contributed by atoms with Crippen LogP contribution >= 0.6 is 23.4 Å². The summed E-state index contributed by atoms with van der Waals surface area (Å²) >= 11 is 7.50. The van der Waals surface area contributed by atoms with E-state index < -0.39 is 0 Å². The predicted molar refractivity (Wildman–Crippen MR) is 48.8 cm³/mol. The molecule has 0 aliphatic rings. The van der Waals surface area contributed by atoms with Crippen molar-refractivity contribution in [2.75, 3.05) is 24.7 Å². The Morgan fingerprint density at radius 1 is 1.50 bits per heavy atom. The van der Waals surface area contributed by atoms with Crippen LogP contribution in [0.3, 0.4) is 0 Å². The Labute approximate surface area is 72.5 Å². The van der Waals surface area contributed by atoms with Crippen molar-refractivity contribution in [1.82, 2.24) is 0 Å². The van der Waals surface area contributed by atoms with Gasteiger partial charge < -0.3 is 4.74 Å². The third-order valence-corrected chi connectivity index (χ3v) is 3.17. The first-order valence-corrected chi connectivity index (χ1v) is 4.94. The van der Waals surface area contributed by atoms with E-state index in [1.165, 1.54) is 0 Å². The molecule has 0 radical (unpaired) electrons. The van der Waals surface area contributed by atoms with Crippen LogP contribution < -0.4 is 0 Å². The van der Waals surface area contributed by atoms with Gasteiger partial charge in [0, 0.05) is 18.7 Å². The monoisotopic (exact) mass is 182 g/mol. The summed E-state index contributed by atoms with van der Waals surface area (Å²) in [4.78, 5) is 0.